The molecule has 0 aliphatic heterocycles. The molecule has 3 saturated carbocycles. The van der Waals surface area contributed by atoms with E-state index in [1.165, 1.54) is 113 Å². The van der Waals surface area contributed by atoms with Crippen molar-refractivity contribution in [1.29, 1.82) is 0 Å². The summed E-state index contributed by atoms with van der Waals surface area (Å²) in [6.07, 6.45) is 17.0. The Morgan fingerprint density at radius 1 is 0.545 bits per heavy atom. The molecule has 5 rings (SSSR count). The van der Waals surface area contributed by atoms with E-state index in [0.29, 0.717) is 10.8 Å². The van der Waals surface area contributed by atoms with Crippen molar-refractivity contribution < 1.29 is 0 Å². The van der Waals surface area contributed by atoms with Gasteiger partial charge in [0.15, 0.2) is 0 Å². The van der Waals surface area contributed by atoms with E-state index in [0.717, 1.165) is 41.4 Å². The van der Waals surface area contributed by atoms with Crippen LogP contribution in [0, 0.1) is 52.3 Å². The minimum Gasteiger partial charge on any atom is -0.0675 e. The van der Waals surface area contributed by atoms with Crippen molar-refractivity contribution in [3.8, 4) is 0 Å². The van der Waals surface area contributed by atoms with Crippen LogP contribution in [0.5, 0.6) is 0 Å². The van der Waals surface area contributed by atoms with Gasteiger partial charge < -0.3 is 0 Å². The quantitative estimate of drug-likeness (QED) is 0.140. The largest absolute Gasteiger partial charge is 0.0859 e. The van der Waals surface area contributed by atoms with Crippen molar-refractivity contribution >= 4 is 26.5 Å². The normalized spacial score (nSPS) is 25.0. The van der Waals surface area contributed by atoms with Crippen LogP contribution < -0.4 is 10.4 Å². The molecule has 3 fully saturated rings. The minimum absolute atomic E-state index is 0.0988. The summed E-state index contributed by atoms with van der Waals surface area (Å²) in [5.41, 5.74) is 4.28. The number of rotatable bonds is 17. The molecule has 6 unspecified atom stereocenters. The lowest BCUT2D eigenvalue weighted by molar-refractivity contribution is 0.0565. The molecule has 0 bridgehead atoms. The summed E-state index contributed by atoms with van der Waals surface area (Å²) in [5.74, 6) is 5.72. The molecule has 310 valence electrons. The lowest BCUT2D eigenvalue weighted by Crippen LogP contribution is -2.49. The third-order valence-corrected chi connectivity index (χ3v) is 29.4. The van der Waals surface area contributed by atoms with Crippen LogP contribution in [-0.4, -0.2) is 16.1 Å². The van der Waals surface area contributed by atoms with E-state index in [1.807, 2.05) is 0 Å². The molecule has 0 heterocycles. The predicted octanol–water partition coefficient (Wildman–Crippen LogP) is 15.6. The third-order valence-electron chi connectivity index (χ3n) is 18.2. The number of hydrogen-bond donors (Lipinski definition) is 0. The Balaban J connectivity index is 1.73. The molecule has 2 aromatic rings. The van der Waals surface area contributed by atoms with Crippen LogP contribution in [0.1, 0.15) is 178 Å². The predicted molar refractivity (Wildman–Crippen MR) is 252 cm³/mol. The highest BCUT2D eigenvalue weighted by atomic mass is 28.3. The van der Waals surface area contributed by atoms with Crippen molar-refractivity contribution in [1.82, 2.24) is 0 Å². The molecule has 55 heavy (non-hydrogen) atoms. The zero-order chi connectivity index (χ0) is 40.2. The maximum Gasteiger partial charge on any atom is 0.0859 e. The van der Waals surface area contributed by atoms with Gasteiger partial charge in [0, 0.05) is 5.41 Å². The number of hydrogen-bond acceptors (Lipinski definition) is 0. The van der Waals surface area contributed by atoms with E-state index in [9.17, 15) is 0 Å². The first kappa shape index (κ1) is 45.0. The Bertz CT molecular complexity index is 1360. The minimum atomic E-state index is -1.47. The molecule has 3 aliphatic carbocycles. The van der Waals surface area contributed by atoms with Crippen molar-refractivity contribution in [3.05, 3.63) is 59.7 Å². The van der Waals surface area contributed by atoms with Gasteiger partial charge in [-0.3, -0.25) is 0 Å². The molecule has 2 heteroatoms. The Hall–Kier alpha value is -1.13. The Labute approximate surface area is 345 Å². The Morgan fingerprint density at radius 3 is 1.42 bits per heavy atom. The van der Waals surface area contributed by atoms with Gasteiger partial charge >= 0.3 is 0 Å². The second-order valence-corrected chi connectivity index (χ2v) is 32.4. The van der Waals surface area contributed by atoms with Gasteiger partial charge in [0.1, 0.15) is 0 Å². The van der Waals surface area contributed by atoms with Crippen LogP contribution >= 0.6 is 0 Å². The van der Waals surface area contributed by atoms with Gasteiger partial charge in [-0.1, -0.05) is 211 Å². The first-order valence-corrected chi connectivity index (χ1v) is 29.6. The molecule has 3 aliphatic rings. The zero-order valence-corrected chi connectivity index (χ0v) is 40.9. The first-order valence-electron chi connectivity index (χ1n) is 24.4. The van der Waals surface area contributed by atoms with Crippen molar-refractivity contribution in [2.45, 2.75) is 209 Å². The molecule has 0 amide bonds. The van der Waals surface area contributed by atoms with Gasteiger partial charge in [-0.15, -0.1) is 0 Å². The molecule has 0 spiro atoms. The van der Waals surface area contributed by atoms with Crippen LogP contribution in [0.15, 0.2) is 48.5 Å². The summed E-state index contributed by atoms with van der Waals surface area (Å²) in [4.78, 5) is 0. The second-order valence-electron chi connectivity index (χ2n) is 21.9. The van der Waals surface area contributed by atoms with Crippen LogP contribution in [0.4, 0.5) is 0 Å². The second kappa shape index (κ2) is 18.4. The molecule has 6 atom stereocenters. The summed E-state index contributed by atoms with van der Waals surface area (Å²) in [7, 11) is -2.94. The first-order chi connectivity index (χ1) is 26.1. The van der Waals surface area contributed by atoms with Gasteiger partial charge in [-0.25, -0.2) is 0 Å². The topological polar surface area (TPSA) is 0 Å². The zero-order valence-electron chi connectivity index (χ0n) is 38.9. The number of benzene rings is 2. The standard InChI is InChI=1S/C53H90Si2/c1-14-23-41(51(8,9)10)27-26-40-38-50(49-39-45(52(11,12)13)32-37-48(40)49)53(42-24-21-22-25-42,43-28-33-46(34-29-43)54(15-2,16-3)17-4)44-30-35-47(36-31-44)55(18-5,19-6)20-7/h28-31,33-36,40-42,45,48-50H,14-27,32,37-39H2,1-13H3. The van der Waals surface area contributed by atoms with Crippen molar-refractivity contribution in [2.24, 2.45) is 52.3 Å². The highest BCUT2D eigenvalue weighted by Crippen LogP contribution is 2.64. The van der Waals surface area contributed by atoms with Gasteiger partial charge in [0.05, 0.1) is 16.1 Å². The average molecular weight is 783 g/mol. The third kappa shape index (κ3) is 8.78. The van der Waals surface area contributed by atoms with E-state index in [1.54, 1.807) is 21.5 Å². The molecule has 0 saturated heterocycles. The molecule has 0 aromatic heterocycles. The maximum atomic E-state index is 2.75. The summed E-state index contributed by atoms with van der Waals surface area (Å²) in [6, 6.07) is 29.9. The lowest BCUT2D eigenvalue weighted by Gasteiger charge is -2.51. The fraction of sp³-hybridized carbons (Fsp3) is 0.774. The molecular weight excluding hydrogens is 693 g/mol. The summed E-state index contributed by atoms with van der Waals surface area (Å²) in [6.45, 7) is 32.6. The maximum absolute atomic E-state index is 2.75. The van der Waals surface area contributed by atoms with E-state index < -0.39 is 16.1 Å². The van der Waals surface area contributed by atoms with Gasteiger partial charge in [0.2, 0.25) is 0 Å². The number of fused-ring (bicyclic) bond motifs is 1. The van der Waals surface area contributed by atoms with E-state index in [4.69, 9.17) is 0 Å². The Kier molecular flexibility index (Phi) is 15.1. The highest BCUT2D eigenvalue weighted by Gasteiger charge is 2.58. The SMILES string of the molecule is CCCC(CCC1CC(C(c2ccc([Si](CC)(CC)CC)cc2)(c2ccc([Si](CC)(CC)CC)cc2)C2CCCC2)C2CC(C(C)(C)C)CCC12)C(C)(C)C. The van der Waals surface area contributed by atoms with Gasteiger partial charge in [0.25, 0.3) is 0 Å². The van der Waals surface area contributed by atoms with Crippen LogP contribution in [0.3, 0.4) is 0 Å². The van der Waals surface area contributed by atoms with Gasteiger partial charge in [-0.2, -0.15) is 0 Å². The molecule has 0 nitrogen and oxygen atoms in total. The van der Waals surface area contributed by atoms with E-state index in [-0.39, 0.29) is 5.41 Å². The molecule has 2 aromatic carbocycles. The van der Waals surface area contributed by atoms with Crippen LogP contribution in [0.25, 0.3) is 0 Å². The summed E-state index contributed by atoms with van der Waals surface area (Å²) < 4.78 is 0. The highest BCUT2D eigenvalue weighted by molar-refractivity contribution is 6.92. The van der Waals surface area contributed by atoms with E-state index >= 15 is 0 Å². The molecular formula is C53H90Si2. The van der Waals surface area contributed by atoms with Crippen LogP contribution in [0.2, 0.25) is 36.3 Å². The van der Waals surface area contributed by atoms with E-state index in [2.05, 4.69) is 139 Å². The van der Waals surface area contributed by atoms with Gasteiger partial charge in [-0.05, 0) is 115 Å². The summed E-state index contributed by atoms with van der Waals surface area (Å²) >= 11 is 0. The smallest absolute Gasteiger partial charge is 0.0675 e. The molecule has 0 N–H and O–H groups in total. The monoisotopic (exact) mass is 783 g/mol. The Morgan fingerprint density at radius 2 is 1.02 bits per heavy atom. The fourth-order valence-electron chi connectivity index (χ4n) is 14.0. The van der Waals surface area contributed by atoms with Crippen LogP contribution in [-0.2, 0) is 5.41 Å². The van der Waals surface area contributed by atoms with Crippen molar-refractivity contribution in [3.63, 3.8) is 0 Å². The fourth-order valence-corrected chi connectivity index (χ4v) is 21.2. The average Bonchev–Trinajstić information content (AvgIpc) is 3.85. The lowest BCUT2D eigenvalue weighted by atomic mass is 9.53. The van der Waals surface area contributed by atoms with Crippen molar-refractivity contribution in [2.75, 3.05) is 0 Å². The summed E-state index contributed by atoms with van der Waals surface area (Å²) in [5, 5.41) is 3.45. The molecule has 0 radical (unpaired) electrons.